The van der Waals surface area contributed by atoms with Gasteiger partial charge in [-0.15, -0.1) is 14.5 Å². The summed E-state index contributed by atoms with van der Waals surface area (Å²) in [4.78, 5) is 26.5. The summed E-state index contributed by atoms with van der Waals surface area (Å²) in [5.41, 5.74) is -0.581. The Labute approximate surface area is 225 Å². The number of hydroxylamine groups is 2. The number of aromatic nitrogens is 2. The topological polar surface area (TPSA) is 162 Å². The van der Waals surface area contributed by atoms with E-state index >= 15 is 0 Å². The fraction of sp³-hybridized carbons (Fsp3) is 0.826. The van der Waals surface area contributed by atoms with Crippen LogP contribution in [0, 0.1) is 0 Å². The Hall–Kier alpha value is -2.07. The van der Waals surface area contributed by atoms with Crippen LogP contribution in [-0.4, -0.2) is 77.7 Å². The monoisotopic (exact) mass is 576 g/mol. The first-order valence-corrected chi connectivity index (χ1v) is 17.0. The van der Waals surface area contributed by atoms with Crippen LogP contribution in [0.1, 0.15) is 85.0 Å². The summed E-state index contributed by atoms with van der Waals surface area (Å²) in [6.07, 6.45) is 1.38. The molecular weight excluding hydrogens is 536 g/mol. The molecule has 1 aromatic rings. The van der Waals surface area contributed by atoms with Crippen LogP contribution in [-0.2, 0) is 35.1 Å². The molecule has 0 spiro atoms. The van der Waals surface area contributed by atoms with Gasteiger partial charge in [-0.3, -0.25) is 9.35 Å². The number of carbonyl (C=O) groups excluding carboxylic acids is 2. The zero-order valence-corrected chi connectivity index (χ0v) is 25.2. The number of rotatable bonds is 10. The lowest BCUT2D eigenvalue weighted by Gasteiger charge is -2.39. The fourth-order valence-corrected chi connectivity index (χ4v) is 6.01. The number of amides is 2. The molecule has 3 atom stereocenters. The molecule has 2 aliphatic rings. The number of ether oxygens (including phenoxy) is 1. The van der Waals surface area contributed by atoms with E-state index in [0.717, 1.165) is 0 Å². The first-order chi connectivity index (χ1) is 17.3. The van der Waals surface area contributed by atoms with Gasteiger partial charge in [0.2, 0.25) is 11.8 Å². The van der Waals surface area contributed by atoms with Crippen LogP contribution in [0.5, 0.6) is 0 Å². The molecule has 1 unspecified atom stereocenters. The average Bonchev–Trinajstić information content (AvgIpc) is 3.28. The molecule has 3 rings (SSSR count). The molecule has 1 N–H and O–H groups in total. The van der Waals surface area contributed by atoms with E-state index in [-0.39, 0.29) is 42.4 Å². The van der Waals surface area contributed by atoms with Crippen molar-refractivity contribution in [3.63, 3.8) is 0 Å². The van der Waals surface area contributed by atoms with Gasteiger partial charge in [-0.2, -0.15) is 13.5 Å². The van der Waals surface area contributed by atoms with Crippen molar-refractivity contribution in [2.75, 3.05) is 6.54 Å². The Morgan fingerprint density at radius 2 is 1.84 bits per heavy atom. The lowest BCUT2D eigenvalue weighted by atomic mass is 10.0. The molecule has 0 saturated carbocycles. The first-order valence-electron chi connectivity index (χ1n) is 12.7. The summed E-state index contributed by atoms with van der Waals surface area (Å²) in [5, 5.41) is 8.96. The number of fused-ring (bicyclic) bond motifs is 2. The maximum Gasteiger partial charge on any atom is 0.418 e. The molecule has 0 radical (unpaired) electrons. The van der Waals surface area contributed by atoms with Gasteiger partial charge in [-0.1, -0.05) is 20.8 Å². The van der Waals surface area contributed by atoms with E-state index in [2.05, 4.69) is 48.3 Å². The van der Waals surface area contributed by atoms with E-state index in [1.807, 2.05) is 20.8 Å². The van der Waals surface area contributed by atoms with Gasteiger partial charge in [0.05, 0.1) is 18.6 Å². The van der Waals surface area contributed by atoms with Crippen molar-refractivity contribution in [1.82, 2.24) is 20.2 Å². The quantitative estimate of drug-likeness (QED) is 0.245. The third kappa shape index (κ3) is 7.74. The Balaban J connectivity index is 1.73. The first kappa shape index (κ1) is 30.5. The Bertz CT molecular complexity index is 1130. The molecular formula is C23H40N4O9SSi. The molecule has 216 valence electrons. The molecule has 2 amide bonds. The molecule has 2 aliphatic heterocycles. The molecule has 2 saturated heterocycles. The van der Waals surface area contributed by atoms with E-state index in [0.29, 0.717) is 30.2 Å². The summed E-state index contributed by atoms with van der Waals surface area (Å²) < 4.78 is 53.8. The molecule has 3 heterocycles. The Kier molecular flexibility index (Phi) is 8.68. The van der Waals surface area contributed by atoms with Gasteiger partial charge in [0.25, 0.3) is 0 Å². The van der Waals surface area contributed by atoms with Crippen LogP contribution < -0.4 is 0 Å². The van der Waals surface area contributed by atoms with Gasteiger partial charge >= 0.3 is 22.4 Å². The summed E-state index contributed by atoms with van der Waals surface area (Å²) in [5.74, 6) is 0.222. The molecule has 0 aliphatic carbocycles. The van der Waals surface area contributed by atoms with Crippen molar-refractivity contribution in [1.29, 1.82) is 0 Å². The van der Waals surface area contributed by atoms with Crippen LogP contribution in [0.3, 0.4) is 0 Å². The number of piperidine rings is 1. The molecule has 38 heavy (non-hydrogen) atoms. The molecule has 1 aromatic heterocycles. The number of hydrogen-bond donors (Lipinski definition) is 1. The minimum Gasteiger partial charge on any atom is -0.460 e. The van der Waals surface area contributed by atoms with Gasteiger partial charge in [0.1, 0.15) is 11.6 Å². The van der Waals surface area contributed by atoms with Crippen LogP contribution in [0.2, 0.25) is 18.1 Å². The normalized spacial score (nSPS) is 21.7. The lowest BCUT2D eigenvalue weighted by Crippen LogP contribution is -2.44. The lowest BCUT2D eigenvalue weighted by molar-refractivity contribution is -0.155. The van der Waals surface area contributed by atoms with Crippen LogP contribution in [0.25, 0.3) is 0 Å². The fourth-order valence-electron chi connectivity index (χ4n) is 4.23. The van der Waals surface area contributed by atoms with Gasteiger partial charge in [0, 0.05) is 13.0 Å². The summed E-state index contributed by atoms with van der Waals surface area (Å²) >= 11 is 0. The van der Waals surface area contributed by atoms with E-state index in [4.69, 9.17) is 18.1 Å². The average molecular weight is 577 g/mol. The zero-order chi connectivity index (χ0) is 28.7. The summed E-state index contributed by atoms with van der Waals surface area (Å²) in [7, 11) is -7.03. The third-order valence-electron chi connectivity index (χ3n) is 7.03. The molecule has 0 aromatic carbocycles. The van der Waals surface area contributed by atoms with Crippen molar-refractivity contribution in [2.24, 2.45) is 0 Å². The van der Waals surface area contributed by atoms with Crippen molar-refractivity contribution in [3.8, 4) is 0 Å². The maximum absolute atomic E-state index is 12.7. The zero-order valence-electron chi connectivity index (χ0n) is 23.4. The van der Waals surface area contributed by atoms with E-state index < -0.39 is 42.4 Å². The number of urea groups is 1. The highest BCUT2D eigenvalue weighted by Gasteiger charge is 2.49. The number of nitrogens with zero attached hydrogens (tertiary/aromatic N) is 4. The predicted octanol–water partition coefficient (Wildman–Crippen LogP) is 3.80. The Morgan fingerprint density at radius 1 is 1.18 bits per heavy atom. The SMILES string of the molecule is CC(C)(C)OC(=O)CCC(Cc1nnc([C@@H]2CC[C@@H]3CN2C(=O)N3OS(=O)(=O)O)o1)O[Si](C)(C)C(C)(C)C. The van der Waals surface area contributed by atoms with Crippen LogP contribution >= 0.6 is 0 Å². The highest BCUT2D eigenvalue weighted by atomic mass is 32.3. The minimum atomic E-state index is -4.83. The summed E-state index contributed by atoms with van der Waals surface area (Å²) in [6, 6.07) is -1.78. The van der Waals surface area contributed by atoms with Crippen molar-refractivity contribution < 1.29 is 40.4 Å². The molecule has 2 fully saturated rings. The third-order valence-corrected chi connectivity index (χ3v) is 11.9. The second-order valence-electron chi connectivity index (χ2n) is 12.4. The van der Waals surface area contributed by atoms with Gasteiger partial charge in [0.15, 0.2) is 8.32 Å². The maximum atomic E-state index is 12.7. The second kappa shape index (κ2) is 10.8. The summed E-state index contributed by atoms with van der Waals surface area (Å²) in [6.45, 7) is 16.3. The van der Waals surface area contributed by atoms with Crippen LogP contribution in [0.15, 0.2) is 4.42 Å². The van der Waals surface area contributed by atoms with Crippen molar-refractivity contribution in [3.05, 3.63) is 11.8 Å². The van der Waals surface area contributed by atoms with Crippen molar-refractivity contribution in [2.45, 2.75) is 116 Å². The molecule has 2 bridgehead atoms. The number of esters is 1. The van der Waals surface area contributed by atoms with Crippen LogP contribution in [0.4, 0.5) is 4.79 Å². The van der Waals surface area contributed by atoms with Gasteiger partial charge < -0.3 is 18.5 Å². The molecule has 15 heteroatoms. The van der Waals surface area contributed by atoms with Crippen molar-refractivity contribution >= 4 is 30.7 Å². The standard InChI is InChI=1S/C23H40N4O9SSi/c1-22(2,3)34-19(28)12-10-16(35-38(7,8)23(4,5)6)13-18-24-25-20(33-18)17-11-9-15-14-26(17)21(29)27(15)36-37(30,31)32/h15-17H,9-14H2,1-8H3,(H,30,31,32)/t15-,16?,17+/m1/s1. The number of hydrogen-bond acceptors (Lipinski definition) is 10. The Morgan fingerprint density at radius 3 is 2.42 bits per heavy atom. The van der Waals surface area contributed by atoms with Gasteiger partial charge in [-0.05, 0) is 58.2 Å². The molecule has 13 nitrogen and oxygen atoms in total. The second-order valence-corrected chi connectivity index (χ2v) is 18.1. The van der Waals surface area contributed by atoms with E-state index in [1.54, 1.807) is 0 Å². The minimum absolute atomic E-state index is 0.0537. The van der Waals surface area contributed by atoms with E-state index in [1.165, 1.54) is 4.90 Å². The highest BCUT2D eigenvalue weighted by Crippen LogP contribution is 2.40. The predicted molar refractivity (Wildman–Crippen MR) is 137 cm³/mol. The van der Waals surface area contributed by atoms with Gasteiger partial charge in [-0.25, -0.2) is 4.79 Å². The number of carbonyl (C=O) groups is 2. The largest absolute Gasteiger partial charge is 0.460 e. The highest BCUT2D eigenvalue weighted by molar-refractivity contribution is 7.80. The smallest absolute Gasteiger partial charge is 0.418 e. The van der Waals surface area contributed by atoms with E-state index in [9.17, 15) is 18.0 Å².